The number of aryl methyl sites for hydroxylation is 1. The Kier molecular flexibility index (Phi) is 3.32. The number of nitro groups is 1. The number of benzene rings is 1. The Morgan fingerprint density at radius 3 is 2.47 bits per heavy atom. The minimum Gasteiger partial charge on any atom is -0.369 e. The average molecular weight is 258 g/mol. The van der Waals surface area contributed by atoms with Gasteiger partial charge in [0.25, 0.3) is 15.7 Å². The molecule has 8 nitrogen and oxygen atoms in total. The molecule has 0 fully saturated rings. The van der Waals surface area contributed by atoms with Crippen LogP contribution in [0.15, 0.2) is 27.5 Å². The van der Waals surface area contributed by atoms with Gasteiger partial charge in [-0.2, -0.15) is 8.42 Å². The van der Waals surface area contributed by atoms with Gasteiger partial charge in [0.15, 0.2) is 0 Å². The highest BCUT2D eigenvalue weighted by Gasteiger charge is 2.19. The summed E-state index contributed by atoms with van der Waals surface area (Å²) in [7, 11) is -4.10. The molecule has 17 heavy (non-hydrogen) atoms. The third-order valence-electron chi connectivity index (χ3n) is 1.90. The molecule has 1 rings (SSSR count). The lowest BCUT2D eigenvalue weighted by Gasteiger charge is -2.01. The summed E-state index contributed by atoms with van der Waals surface area (Å²) in [6.45, 7) is 1.50. The molecule has 0 unspecified atom stereocenters. The van der Waals surface area contributed by atoms with Crippen LogP contribution in [0.1, 0.15) is 5.56 Å². The maximum absolute atomic E-state index is 11.6. The molecule has 0 aromatic heterocycles. The quantitative estimate of drug-likeness (QED) is 0.334. The second kappa shape index (κ2) is 4.37. The van der Waals surface area contributed by atoms with Crippen LogP contribution in [0.5, 0.6) is 0 Å². The molecule has 0 saturated carbocycles. The molecule has 1 aromatic carbocycles. The zero-order valence-corrected chi connectivity index (χ0v) is 9.64. The number of rotatable bonds is 3. The van der Waals surface area contributed by atoms with Gasteiger partial charge in [-0.1, -0.05) is 6.07 Å². The first kappa shape index (κ1) is 12.9. The third-order valence-corrected chi connectivity index (χ3v) is 3.20. The standard InChI is InChI=1S/C8H10N4O4S/c1-5-2-3-6(4-7(5)12(13)14)17(15,16)11-8(9)10/h2-4H,1H3,(H4,9,10,11). The highest BCUT2D eigenvalue weighted by molar-refractivity contribution is 7.90. The number of sulfonamides is 1. The maximum atomic E-state index is 11.6. The molecular formula is C8H10N4O4S. The fourth-order valence-corrected chi connectivity index (χ4v) is 2.02. The second-order valence-corrected chi connectivity index (χ2v) is 4.80. The first-order valence-electron chi connectivity index (χ1n) is 4.35. The van der Waals surface area contributed by atoms with Gasteiger partial charge in [-0.25, -0.2) is 0 Å². The molecule has 1 aromatic rings. The number of nitro benzene ring substituents is 1. The summed E-state index contributed by atoms with van der Waals surface area (Å²) in [5.74, 6) is -0.631. The molecule has 0 saturated heterocycles. The van der Waals surface area contributed by atoms with Crippen molar-refractivity contribution in [2.75, 3.05) is 0 Å². The third kappa shape index (κ3) is 2.91. The van der Waals surface area contributed by atoms with E-state index in [1.165, 1.54) is 19.1 Å². The summed E-state index contributed by atoms with van der Waals surface area (Å²) in [5.41, 5.74) is 9.95. The van der Waals surface area contributed by atoms with Gasteiger partial charge >= 0.3 is 0 Å². The van der Waals surface area contributed by atoms with Crippen LogP contribution in [0.4, 0.5) is 5.69 Å². The number of hydrogen-bond donors (Lipinski definition) is 2. The molecule has 92 valence electrons. The van der Waals surface area contributed by atoms with Crippen molar-refractivity contribution in [3.05, 3.63) is 33.9 Å². The van der Waals surface area contributed by atoms with Crippen molar-refractivity contribution >= 4 is 21.7 Å². The van der Waals surface area contributed by atoms with E-state index in [9.17, 15) is 18.5 Å². The molecule has 0 aliphatic heterocycles. The first-order chi connectivity index (χ1) is 7.74. The van der Waals surface area contributed by atoms with Crippen LogP contribution in [0.25, 0.3) is 0 Å². The number of guanidine groups is 1. The molecule has 0 bridgehead atoms. The lowest BCUT2D eigenvalue weighted by Crippen LogP contribution is -2.24. The van der Waals surface area contributed by atoms with Gasteiger partial charge in [-0.15, -0.1) is 4.40 Å². The minimum absolute atomic E-state index is 0.308. The lowest BCUT2D eigenvalue weighted by molar-refractivity contribution is -0.385. The van der Waals surface area contributed by atoms with E-state index in [1.807, 2.05) is 0 Å². The summed E-state index contributed by atoms with van der Waals surface area (Å²) in [5, 5.41) is 10.6. The summed E-state index contributed by atoms with van der Waals surface area (Å²) >= 11 is 0. The molecule has 0 atom stereocenters. The fraction of sp³-hybridized carbons (Fsp3) is 0.125. The van der Waals surface area contributed by atoms with Gasteiger partial charge in [0.1, 0.15) is 0 Å². The zero-order chi connectivity index (χ0) is 13.2. The zero-order valence-electron chi connectivity index (χ0n) is 8.82. The van der Waals surface area contributed by atoms with Crippen molar-refractivity contribution in [2.24, 2.45) is 15.9 Å². The topological polar surface area (TPSA) is 142 Å². The highest BCUT2D eigenvalue weighted by Crippen LogP contribution is 2.23. The Bertz CT molecular complexity index is 590. The molecular weight excluding hydrogens is 248 g/mol. The van der Waals surface area contributed by atoms with E-state index < -0.39 is 20.9 Å². The Hall–Kier alpha value is -2.16. The molecule has 0 radical (unpaired) electrons. The van der Waals surface area contributed by atoms with E-state index in [0.717, 1.165) is 6.07 Å². The van der Waals surface area contributed by atoms with Gasteiger partial charge < -0.3 is 11.5 Å². The summed E-state index contributed by atoms with van der Waals surface area (Å²) in [6.07, 6.45) is 0. The van der Waals surface area contributed by atoms with Crippen LogP contribution in [0.2, 0.25) is 0 Å². The van der Waals surface area contributed by atoms with Crippen LogP contribution >= 0.6 is 0 Å². The predicted molar refractivity (Wildman–Crippen MR) is 60.8 cm³/mol. The molecule has 0 spiro atoms. The highest BCUT2D eigenvalue weighted by atomic mass is 32.2. The van der Waals surface area contributed by atoms with Gasteiger partial charge in [0, 0.05) is 11.6 Å². The smallest absolute Gasteiger partial charge is 0.285 e. The van der Waals surface area contributed by atoms with Crippen LogP contribution < -0.4 is 11.5 Å². The van der Waals surface area contributed by atoms with Gasteiger partial charge in [-0.3, -0.25) is 10.1 Å². The van der Waals surface area contributed by atoms with E-state index in [-0.39, 0.29) is 10.6 Å². The van der Waals surface area contributed by atoms with Crippen molar-refractivity contribution in [1.82, 2.24) is 0 Å². The van der Waals surface area contributed by atoms with Crippen molar-refractivity contribution in [3.63, 3.8) is 0 Å². The van der Waals surface area contributed by atoms with Crippen molar-refractivity contribution in [1.29, 1.82) is 0 Å². The Morgan fingerprint density at radius 2 is 2.00 bits per heavy atom. The summed E-state index contributed by atoms with van der Waals surface area (Å²) < 4.78 is 26.1. The van der Waals surface area contributed by atoms with Crippen molar-refractivity contribution < 1.29 is 13.3 Å². The number of hydrogen-bond acceptors (Lipinski definition) is 4. The van der Waals surface area contributed by atoms with Crippen molar-refractivity contribution in [3.8, 4) is 0 Å². The van der Waals surface area contributed by atoms with E-state index in [4.69, 9.17) is 11.5 Å². The SMILES string of the molecule is Cc1ccc(S(=O)(=O)N=C(N)N)cc1[N+](=O)[O-]. The maximum Gasteiger partial charge on any atom is 0.285 e. The Balaban J connectivity index is 3.40. The van der Waals surface area contributed by atoms with Gasteiger partial charge in [0.05, 0.1) is 9.82 Å². The van der Waals surface area contributed by atoms with Crippen LogP contribution in [-0.4, -0.2) is 19.3 Å². The molecule has 9 heteroatoms. The normalized spacial score (nSPS) is 10.9. The number of nitrogens with zero attached hydrogens (tertiary/aromatic N) is 2. The Morgan fingerprint density at radius 1 is 1.41 bits per heavy atom. The molecule has 0 amide bonds. The van der Waals surface area contributed by atoms with Gasteiger partial charge in [-0.05, 0) is 13.0 Å². The van der Waals surface area contributed by atoms with E-state index in [0.29, 0.717) is 5.56 Å². The number of nitrogens with two attached hydrogens (primary N) is 2. The molecule has 0 heterocycles. The second-order valence-electron chi connectivity index (χ2n) is 3.20. The average Bonchev–Trinajstić information content (AvgIpc) is 2.15. The summed E-state index contributed by atoms with van der Waals surface area (Å²) in [6, 6.07) is 3.43. The molecule has 0 aliphatic rings. The van der Waals surface area contributed by atoms with Crippen LogP contribution in [0, 0.1) is 17.0 Å². The lowest BCUT2D eigenvalue weighted by atomic mass is 10.2. The Labute approximate surface area is 97.2 Å². The fourth-order valence-electron chi connectivity index (χ4n) is 1.14. The first-order valence-corrected chi connectivity index (χ1v) is 5.79. The van der Waals surface area contributed by atoms with Gasteiger partial charge in [0.2, 0.25) is 5.96 Å². The minimum atomic E-state index is -4.10. The van der Waals surface area contributed by atoms with E-state index >= 15 is 0 Å². The van der Waals surface area contributed by atoms with Crippen LogP contribution in [-0.2, 0) is 10.0 Å². The van der Waals surface area contributed by atoms with E-state index in [2.05, 4.69) is 4.40 Å². The monoisotopic (exact) mass is 258 g/mol. The predicted octanol–water partition coefficient (Wildman–Crippen LogP) is -0.135. The molecule has 4 N–H and O–H groups in total. The summed E-state index contributed by atoms with van der Waals surface area (Å²) in [4.78, 5) is 9.64. The largest absolute Gasteiger partial charge is 0.369 e. The van der Waals surface area contributed by atoms with E-state index in [1.54, 1.807) is 0 Å². The van der Waals surface area contributed by atoms with Crippen LogP contribution in [0.3, 0.4) is 0 Å². The van der Waals surface area contributed by atoms with Crippen molar-refractivity contribution in [2.45, 2.75) is 11.8 Å². The molecule has 0 aliphatic carbocycles.